The maximum absolute atomic E-state index is 13.1. The summed E-state index contributed by atoms with van der Waals surface area (Å²) in [4.78, 5) is 4.08. The molecule has 0 amide bonds. The van der Waals surface area contributed by atoms with Crippen LogP contribution in [0.4, 0.5) is 13.2 Å². The largest absolute Gasteiger partial charge is 0.436 e. The number of benzene rings is 2. The van der Waals surface area contributed by atoms with E-state index in [-0.39, 0.29) is 27.0 Å². The van der Waals surface area contributed by atoms with Crippen molar-refractivity contribution >= 4 is 44.3 Å². The summed E-state index contributed by atoms with van der Waals surface area (Å²) in [5, 5.41) is 2.30. The summed E-state index contributed by atoms with van der Waals surface area (Å²) < 4.78 is 67.7. The van der Waals surface area contributed by atoms with E-state index in [9.17, 15) is 21.6 Å². The Bertz CT molecular complexity index is 1100. The number of fused-ring (bicyclic) bond motifs is 1. The smallest absolute Gasteiger partial charge is 0.410 e. The molecular weight excluding hydrogens is 416 g/mol. The molecule has 0 spiro atoms. The molecule has 11 heteroatoms. The number of halogens is 5. The van der Waals surface area contributed by atoms with Crippen LogP contribution in [0.25, 0.3) is 22.6 Å². The van der Waals surface area contributed by atoms with Crippen molar-refractivity contribution in [1.82, 2.24) is 4.98 Å². The van der Waals surface area contributed by atoms with Gasteiger partial charge in [0.2, 0.25) is 15.9 Å². The minimum atomic E-state index is -5.08. The van der Waals surface area contributed by atoms with Gasteiger partial charge in [-0.1, -0.05) is 35.3 Å². The summed E-state index contributed by atoms with van der Waals surface area (Å²) >= 11 is 12.0. The Morgan fingerprint density at radius 3 is 2.46 bits per heavy atom. The molecule has 0 bridgehead atoms. The fraction of sp³-hybridized carbons (Fsp3) is 0.133. The van der Waals surface area contributed by atoms with E-state index >= 15 is 0 Å². The lowest BCUT2D eigenvalue weighted by Crippen LogP contribution is -2.33. The van der Waals surface area contributed by atoms with Crippen LogP contribution in [-0.4, -0.2) is 19.6 Å². The highest BCUT2D eigenvalue weighted by molar-refractivity contribution is 7.89. The lowest BCUT2D eigenvalue weighted by atomic mass is 10.1. The van der Waals surface area contributed by atoms with Crippen LogP contribution in [-0.2, 0) is 10.0 Å². The third kappa shape index (κ3) is 3.52. The van der Waals surface area contributed by atoms with Crippen LogP contribution >= 0.6 is 23.2 Å². The van der Waals surface area contributed by atoms with Crippen molar-refractivity contribution in [1.29, 1.82) is 0 Å². The Labute approximate surface area is 155 Å². The predicted molar refractivity (Wildman–Crippen MR) is 91.4 cm³/mol. The molecular formula is C15H9Cl2F3N2O3S. The highest BCUT2D eigenvalue weighted by Crippen LogP contribution is 2.40. The second kappa shape index (κ2) is 6.41. The summed E-state index contributed by atoms with van der Waals surface area (Å²) in [6.45, 7) is 0. The second-order valence-corrected chi connectivity index (χ2v) is 7.79. The maximum atomic E-state index is 13.1. The van der Waals surface area contributed by atoms with Crippen molar-refractivity contribution in [3.8, 4) is 11.5 Å². The van der Waals surface area contributed by atoms with Gasteiger partial charge >= 0.3 is 6.18 Å². The molecule has 0 saturated carbocycles. The van der Waals surface area contributed by atoms with Gasteiger partial charge in [-0.2, -0.15) is 13.2 Å². The number of hydrogen-bond acceptors (Lipinski definition) is 4. The average Bonchev–Trinajstić information content (AvgIpc) is 2.90. The van der Waals surface area contributed by atoms with Gasteiger partial charge in [-0.05, 0) is 29.8 Å². The molecule has 0 saturated heterocycles. The SMILES string of the molecule is NS(=O)(=O)C(c1ccc2oc(-c3cccc(Cl)c3Cl)nc2c1)C(F)(F)F. The van der Waals surface area contributed by atoms with Gasteiger partial charge < -0.3 is 4.42 Å². The van der Waals surface area contributed by atoms with Gasteiger partial charge in [0.05, 0.1) is 15.6 Å². The van der Waals surface area contributed by atoms with Gasteiger partial charge in [-0.25, -0.2) is 18.5 Å². The molecule has 2 N–H and O–H groups in total. The lowest BCUT2D eigenvalue weighted by Gasteiger charge is -2.18. The monoisotopic (exact) mass is 424 g/mol. The zero-order valence-corrected chi connectivity index (χ0v) is 14.9. The van der Waals surface area contributed by atoms with Crippen LogP contribution in [0, 0.1) is 0 Å². The molecule has 3 rings (SSSR count). The number of rotatable bonds is 3. The predicted octanol–water partition coefficient (Wildman–Crippen LogP) is 4.69. The van der Waals surface area contributed by atoms with Crippen molar-refractivity contribution in [2.75, 3.05) is 0 Å². The molecule has 2 aromatic carbocycles. The van der Waals surface area contributed by atoms with Crippen LogP contribution in [0.1, 0.15) is 10.8 Å². The molecule has 1 heterocycles. The first-order valence-electron chi connectivity index (χ1n) is 6.91. The molecule has 5 nitrogen and oxygen atoms in total. The maximum Gasteiger partial charge on any atom is 0.410 e. The van der Waals surface area contributed by atoms with Crippen LogP contribution in [0.15, 0.2) is 40.8 Å². The summed E-state index contributed by atoms with van der Waals surface area (Å²) in [5.41, 5.74) is -0.0538. The van der Waals surface area contributed by atoms with Gasteiger partial charge in [0.15, 0.2) is 10.8 Å². The van der Waals surface area contributed by atoms with Gasteiger partial charge in [0.1, 0.15) is 5.52 Å². The number of primary sulfonamides is 1. The van der Waals surface area contributed by atoms with Gasteiger partial charge in [0, 0.05) is 0 Å². The zero-order chi connectivity index (χ0) is 19.3. The minimum Gasteiger partial charge on any atom is -0.436 e. The van der Waals surface area contributed by atoms with Crippen molar-refractivity contribution in [3.05, 3.63) is 52.0 Å². The summed E-state index contributed by atoms with van der Waals surface area (Å²) in [6, 6.07) is 7.84. The van der Waals surface area contributed by atoms with Gasteiger partial charge in [0.25, 0.3) is 0 Å². The van der Waals surface area contributed by atoms with E-state index in [1.165, 1.54) is 6.07 Å². The zero-order valence-electron chi connectivity index (χ0n) is 12.6. The lowest BCUT2D eigenvalue weighted by molar-refractivity contribution is -0.131. The van der Waals surface area contributed by atoms with E-state index in [0.29, 0.717) is 5.56 Å². The third-order valence-corrected chi connectivity index (χ3v) is 5.54. The number of nitrogens with zero attached hydrogens (tertiary/aromatic N) is 1. The van der Waals surface area contributed by atoms with Crippen LogP contribution in [0.2, 0.25) is 10.0 Å². The first-order valence-corrected chi connectivity index (χ1v) is 9.28. The van der Waals surface area contributed by atoms with Crippen LogP contribution in [0.5, 0.6) is 0 Å². The molecule has 0 aliphatic carbocycles. The molecule has 1 unspecified atom stereocenters. The molecule has 1 aromatic heterocycles. The molecule has 0 aliphatic rings. The van der Waals surface area contributed by atoms with Crippen molar-refractivity contribution in [2.45, 2.75) is 11.4 Å². The second-order valence-electron chi connectivity index (χ2n) is 5.36. The van der Waals surface area contributed by atoms with E-state index in [1.807, 2.05) is 0 Å². The number of oxazole rings is 1. The molecule has 0 radical (unpaired) electrons. The molecule has 26 heavy (non-hydrogen) atoms. The fourth-order valence-electron chi connectivity index (χ4n) is 2.46. The van der Waals surface area contributed by atoms with Gasteiger partial charge in [-0.15, -0.1) is 0 Å². The Morgan fingerprint density at radius 1 is 1.15 bits per heavy atom. The van der Waals surface area contributed by atoms with E-state index in [4.69, 9.17) is 32.8 Å². The highest BCUT2D eigenvalue weighted by atomic mass is 35.5. The molecule has 138 valence electrons. The molecule has 3 aromatic rings. The van der Waals surface area contributed by atoms with E-state index in [0.717, 1.165) is 12.1 Å². The Morgan fingerprint density at radius 2 is 1.85 bits per heavy atom. The van der Waals surface area contributed by atoms with Crippen molar-refractivity contribution < 1.29 is 26.0 Å². The number of aromatic nitrogens is 1. The third-order valence-electron chi connectivity index (χ3n) is 3.52. The molecule has 1 atom stereocenters. The van der Waals surface area contributed by atoms with E-state index < -0.39 is 27.0 Å². The number of alkyl halides is 3. The first kappa shape index (κ1) is 19.0. The Kier molecular flexibility index (Phi) is 4.68. The summed E-state index contributed by atoms with van der Waals surface area (Å²) in [6.07, 6.45) is -5.08. The highest BCUT2D eigenvalue weighted by Gasteiger charge is 2.48. The Hall–Kier alpha value is -1.81. The topological polar surface area (TPSA) is 86.2 Å². The molecule has 0 fully saturated rings. The van der Waals surface area contributed by atoms with Crippen LogP contribution in [0.3, 0.4) is 0 Å². The van der Waals surface area contributed by atoms with Crippen LogP contribution < -0.4 is 5.14 Å². The van der Waals surface area contributed by atoms with Crippen molar-refractivity contribution in [2.24, 2.45) is 5.14 Å². The standard InChI is InChI=1S/C15H9Cl2F3N2O3S/c16-9-3-1-2-8(12(9)17)14-22-10-6-7(4-5-11(10)25-14)13(15(18,19)20)26(21,23)24/h1-6,13H,(H2,21,23,24). The fourth-order valence-corrected chi connectivity index (χ4v) is 3.74. The number of nitrogens with two attached hydrogens (primary N) is 1. The summed E-state index contributed by atoms with van der Waals surface area (Å²) in [5.74, 6) is 0.0313. The van der Waals surface area contributed by atoms with E-state index in [1.54, 1.807) is 18.2 Å². The number of sulfonamides is 1. The first-order chi connectivity index (χ1) is 12.0. The quantitative estimate of drug-likeness (QED) is 0.660. The summed E-state index contributed by atoms with van der Waals surface area (Å²) in [7, 11) is -4.92. The average molecular weight is 425 g/mol. The van der Waals surface area contributed by atoms with Gasteiger partial charge in [-0.3, -0.25) is 0 Å². The van der Waals surface area contributed by atoms with Crippen molar-refractivity contribution in [3.63, 3.8) is 0 Å². The normalized spacial score (nSPS) is 13.9. The minimum absolute atomic E-state index is 0.0199. The van der Waals surface area contributed by atoms with E-state index in [2.05, 4.69) is 4.98 Å². The number of hydrogen-bond donors (Lipinski definition) is 1. The Balaban J connectivity index is 2.15. The molecule has 0 aliphatic heterocycles.